The van der Waals surface area contributed by atoms with E-state index in [1.165, 1.54) is 11.1 Å². The summed E-state index contributed by atoms with van der Waals surface area (Å²) in [5.74, 6) is 0. The van der Waals surface area contributed by atoms with Gasteiger partial charge in [0.15, 0.2) is 0 Å². The Bertz CT molecular complexity index is 741. The number of carboxylic acid groups (broad SMARTS) is 1. The number of likely N-dealkylation sites (tertiary alicyclic amines) is 1. The molecule has 4 rings (SSSR count). The lowest BCUT2D eigenvalue weighted by Crippen LogP contribution is -2.65. The molecular formula is C23H29N3O3. The number of ether oxygens (including phenoxy) is 1. The molecule has 1 amide bonds. The fraction of sp³-hybridized carbons (Fsp3) is 0.435. The standard InChI is InChI=1S/C23H29N3O3/c27-23(28)24-12-11-20-17-29-14-13-26(20)21-15-25(16-21)22(18-7-3-1-4-8-18)19-9-5-2-6-10-19/h1-10,20-22,24H,11-17H2,(H,27,28)/t20-/m1/s1. The third kappa shape index (κ3) is 4.78. The average Bonchev–Trinajstić information content (AvgIpc) is 2.72. The Kier molecular flexibility index (Phi) is 6.44. The Balaban J connectivity index is 1.42. The summed E-state index contributed by atoms with van der Waals surface area (Å²) in [6.07, 6.45) is -0.180. The summed E-state index contributed by atoms with van der Waals surface area (Å²) in [5, 5.41) is 11.3. The normalized spacial score (nSPS) is 21.1. The van der Waals surface area contributed by atoms with Gasteiger partial charge in [-0.2, -0.15) is 0 Å². The molecule has 2 fully saturated rings. The molecule has 6 heteroatoms. The summed E-state index contributed by atoms with van der Waals surface area (Å²) in [5.41, 5.74) is 2.64. The minimum Gasteiger partial charge on any atom is -0.465 e. The first kappa shape index (κ1) is 19.9. The molecule has 154 valence electrons. The zero-order chi connectivity index (χ0) is 20.1. The van der Waals surface area contributed by atoms with Gasteiger partial charge in [0, 0.05) is 38.3 Å². The molecule has 0 aromatic heterocycles. The van der Waals surface area contributed by atoms with Crippen LogP contribution in [0.1, 0.15) is 23.6 Å². The quantitative estimate of drug-likeness (QED) is 0.755. The smallest absolute Gasteiger partial charge is 0.404 e. The van der Waals surface area contributed by atoms with Crippen LogP contribution in [-0.4, -0.2) is 72.5 Å². The van der Waals surface area contributed by atoms with Crippen molar-refractivity contribution in [2.45, 2.75) is 24.5 Å². The number of rotatable bonds is 7. The van der Waals surface area contributed by atoms with Crippen LogP contribution < -0.4 is 5.32 Å². The largest absolute Gasteiger partial charge is 0.465 e. The van der Waals surface area contributed by atoms with Crippen LogP contribution in [0.25, 0.3) is 0 Å². The number of hydrogen-bond acceptors (Lipinski definition) is 4. The van der Waals surface area contributed by atoms with Gasteiger partial charge in [-0.25, -0.2) is 4.79 Å². The Hall–Kier alpha value is -2.41. The van der Waals surface area contributed by atoms with Gasteiger partial charge in [-0.1, -0.05) is 60.7 Å². The lowest BCUT2D eigenvalue weighted by molar-refractivity contribution is -0.0763. The average molecular weight is 396 g/mol. The minimum atomic E-state index is -0.961. The zero-order valence-electron chi connectivity index (χ0n) is 16.6. The topological polar surface area (TPSA) is 65.0 Å². The summed E-state index contributed by atoms with van der Waals surface area (Å²) >= 11 is 0. The number of morpholine rings is 1. The van der Waals surface area contributed by atoms with Crippen LogP contribution in [0.2, 0.25) is 0 Å². The number of hydrogen-bond donors (Lipinski definition) is 2. The van der Waals surface area contributed by atoms with Crippen molar-refractivity contribution in [2.24, 2.45) is 0 Å². The van der Waals surface area contributed by atoms with Crippen molar-refractivity contribution in [3.8, 4) is 0 Å². The van der Waals surface area contributed by atoms with E-state index in [1.54, 1.807) is 0 Å². The number of amides is 1. The Morgan fingerprint density at radius 1 is 1.07 bits per heavy atom. The molecule has 1 atom stereocenters. The molecule has 0 bridgehead atoms. The van der Waals surface area contributed by atoms with E-state index in [1.807, 2.05) is 0 Å². The van der Waals surface area contributed by atoms with Crippen molar-refractivity contribution in [3.05, 3.63) is 71.8 Å². The predicted octanol–water partition coefficient (Wildman–Crippen LogP) is 2.82. The van der Waals surface area contributed by atoms with E-state index in [2.05, 4.69) is 75.8 Å². The molecule has 2 aromatic rings. The van der Waals surface area contributed by atoms with Crippen molar-refractivity contribution >= 4 is 6.09 Å². The fourth-order valence-electron chi connectivity index (χ4n) is 4.54. The van der Waals surface area contributed by atoms with Crippen LogP contribution in [0.15, 0.2) is 60.7 Å². The first-order valence-corrected chi connectivity index (χ1v) is 10.4. The van der Waals surface area contributed by atoms with Crippen molar-refractivity contribution < 1.29 is 14.6 Å². The van der Waals surface area contributed by atoms with Crippen molar-refractivity contribution in [1.29, 1.82) is 0 Å². The minimum absolute atomic E-state index is 0.266. The molecule has 2 N–H and O–H groups in total. The highest BCUT2D eigenvalue weighted by Gasteiger charge is 2.40. The monoisotopic (exact) mass is 395 g/mol. The molecule has 29 heavy (non-hydrogen) atoms. The van der Waals surface area contributed by atoms with Gasteiger partial charge >= 0.3 is 6.09 Å². The summed E-state index contributed by atoms with van der Waals surface area (Å²) in [7, 11) is 0. The Labute approximate surface area is 172 Å². The maximum absolute atomic E-state index is 10.7. The lowest BCUT2D eigenvalue weighted by Gasteiger charge is -2.52. The van der Waals surface area contributed by atoms with Crippen molar-refractivity contribution in [3.63, 3.8) is 0 Å². The van der Waals surface area contributed by atoms with Crippen LogP contribution in [0.3, 0.4) is 0 Å². The second kappa shape index (κ2) is 9.39. The second-order valence-electron chi connectivity index (χ2n) is 7.82. The first-order chi connectivity index (χ1) is 14.2. The molecule has 2 saturated heterocycles. The maximum atomic E-state index is 10.7. The van der Waals surface area contributed by atoms with Gasteiger partial charge in [-0.15, -0.1) is 0 Å². The van der Waals surface area contributed by atoms with Gasteiger partial charge in [-0.3, -0.25) is 9.80 Å². The van der Waals surface area contributed by atoms with Gasteiger partial charge in [0.2, 0.25) is 0 Å². The summed E-state index contributed by atoms with van der Waals surface area (Å²) in [4.78, 5) is 15.8. The highest BCUT2D eigenvalue weighted by molar-refractivity contribution is 5.64. The van der Waals surface area contributed by atoms with Gasteiger partial charge in [0.1, 0.15) is 0 Å². The molecule has 0 spiro atoms. The van der Waals surface area contributed by atoms with Gasteiger partial charge in [0.25, 0.3) is 0 Å². The number of nitrogens with zero attached hydrogens (tertiary/aromatic N) is 2. The van der Waals surface area contributed by atoms with E-state index in [0.717, 1.165) is 32.7 Å². The van der Waals surface area contributed by atoms with E-state index in [9.17, 15) is 4.79 Å². The first-order valence-electron chi connectivity index (χ1n) is 10.4. The molecule has 2 aliphatic rings. The Morgan fingerprint density at radius 2 is 1.69 bits per heavy atom. The lowest BCUT2D eigenvalue weighted by atomic mass is 9.92. The van der Waals surface area contributed by atoms with Crippen molar-refractivity contribution in [1.82, 2.24) is 15.1 Å². The highest BCUT2D eigenvalue weighted by Crippen LogP contribution is 2.34. The predicted molar refractivity (Wildman–Crippen MR) is 112 cm³/mol. The van der Waals surface area contributed by atoms with E-state index in [0.29, 0.717) is 19.2 Å². The van der Waals surface area contributed by atoms with E-state index in [-0.39, 0.29) is 12.1 Å². The third-order valence-corrected chi connectivity index (χ3v) is 5.98. The second-order valence-corrected chi connectivity index (χ2v) is 7.82. The fourth-order valence-corrected chi connectivity index (χ4v) is 4.54. The SMILES string of the molecule is O=C(O)NCC[C@@H]1COCCN1C1CN(C(c2ccccc2)c2ccccc2)C1. The molecule has 2 aromatic carbocycles. The molecule has 0 radical (unpaired) electrons. The maximum Gasteiger partial charge on any atom is 0.404 e. The Morgan fingerprint density at radius 3 is 2.28 bits per heavy atom. The summed E-state index contributed by atoms with van der Waals surface area (Å²) < 4.78 is 5.67. The van der Waals surface area contributed by atoms with E-state index >= 15 is 0 Å². The molecule has 0 unspecified atom stereocenters. The molecule has 2 heterocycles. The van der Waals surface area contributed by atoms with Crippen LogP contribution in [0.5, 0.6) is 0 Å². The third-order valence-electron chi connectivity index (χ3n) is 5.98. The van der Waals surface area contributed by atoms with Gasteiger partial charge < -0.3 is 15.2 Å². The molecule has 2 aliphatic heterocycles. The van der Waals surface area contributed by atoms with E-state index in [4.69, 9.17) is 9.84 Å². The molecule has 0 saturated carbocycles. The molecule has 6 nitrogen and oxygen atoms in total. The van der Waals surface area contributed by atoms with E-state index < -0.39 is 6.09 Å². The van der Waals surface area contributed by atoms with Crippen LogP contribution >= 0.6 is 0 Å². The number of benzene rings is 2. The number of nitrogens with one attached hydrogen (secondary N) is 1. The van der Waals surface area contributed by atoms with Crippen molar-refractivity contribution in [2.75, 3.05) is 39.4 Å². The summed E-state index contributed by atoms with van der Waals surface area (Å²) in [6, 6.07) is 22.4. The molecule has 0 aliphatic carbocycles. The number of carbonyl (C=O) groups is 1. The summed E-state index contributed by atoms with van der Waals surface area (Å²) in [6.45, 7) is 4.83. The zero-order valence-corrected chi connectivity index (χ0v) is 16.6. The molecular weight excluding hydrogens is 366 g/mol. The highest BCUT2D eigenvalue weighted by atomic mass is 16.5. The van der Waals surface area contributed by atoms with Gasteiger partial charge in [-0.05, 0) is 17.5 Å². The van der Waals surface area contributed by atoms with Crippen LogP contribution in [-0.2, 0) is 4.74 Å². The van der Waals surface area contributed by atoms with Crippen LogP contribution in [0, 0.1) is 0 Å². The van der Waals surface area contributed by atoms with Crippen LogP contribution in [0.4, 0.5) is 4.79 Å². The van der Waals surface area contributed by atoms with Gasteiger partial charge in [0.05, 0.1) is 19.3 Å².